The van der Waals surface area contributed by atoms with Crippen LogP contribution in [0.25, 0.3) is 0 Å². The Morgan fingerprint density at radius 3 is 1.75 bits per heavy atom. The van der Waals surface area contributed by atoms with E-state index in [1.165, 1.54) is 0 Å². The predicted octanol–water partition coefficient (Wildman–Crippen LogP) is 7.80. The third-order valence-electron chi connectivity index (χ3n) is 9.30. The lowest BCUT2D eigenvalue weighted by atomic mass is 9.80. The van der Waals surface area contributed by atoms with Crippen LogP contribution in [0.2, 0.25) is 0 Å². The number of ketones is 1. The van der Waals surface area contributed by atoms with Crippen molar-refractivity contribution in [2.24, 2.45) is 5.92 Å². The van der Waals surface area contributed by atoms with Gasteiger partial charge in [0.2, 0.25) is 5.91 Å². The molecule has 0 saturated carbocycles. The number of amides is 1. The van der Waals surface area contributed by atoms with Gasteiger partial charge in [-0.25, -0.2) is 0 Å². The highest BCUT2D eigenvalue weighted by atomic mass is 16.5. The molecule has 0 aliphatic carbocycles. The molecule has 3 aromatic carbocycles. The summed E-state index contributed by atoms with van der Waals surface area (Å²) < 4.78 is 18.1. The van der Waals surface area contributed by atoms with Crippen molar-refractivity contribution in [1.82, 2.24) is 4.90 Å². The number of carbonyl (C=O) groups excluding carboxylic acids is 2. The highest BCUT2D eigenvalue weighted by Crippen LogP contribution is 2.42. The van der Waals surface area contributed by atoms with E-state index in [0.29, 0.717) is 51.2 Å². The second-order valence-corrected chi connectivity index (χ2v) is 12.9. The lowest BCUT2D eigenvalue weighted by Crippen LogP contribution is -2.42. The summed E-state index contributed by atoms with van der Waals surface area (Å²) >= 11 is 0. The molecular weight excluding hydrogens is 606 g/mol. The monoisotopic (exact) mass is 657 g/mol. The number of Topliss-reactive ketones (excluding diaryl/α,β-unsaturated/α-hetero) is 1. The number of methoxy groups -OCH3 is 2. The number of carboxylic acid groups (broad SMARTS) is 1. The summed E-state index contributed by atoms with van der Waals surface area (Å²) in [6, 6.07) is 26.1. The van der Waals surface area contributed by atoms with E-state index in [9.17, 15) is 14.4 Å². The van der Waals surface area contributed by atoms with Gasteiger partial charge in [-0.3, -0.25) is 14.4 Å². The largest absolute Gasteiger partial charge is 0.497 e. The fourth-order valence-corrected chi connectivity index (χ4v) is 6.73. The molecule has 1 heterocycles. The Morgan fingerprint density at radius 2 is 1.21 bits per heavy atom. The number of unbranched alkanes of at least 4 members (excludes halogenated alkanes) is 4. The van der Waals surface area contributed by atoms with E-state index in [0.717, 1.165) is 60.3 Å². The van der Waals surface area contributed by atoms with E-state index in [4.69, 9.17) is 19.3 Å². The topological polar surface area (TPSA) is 102 Å². The van der Waals surface area contributed by atoms with Crippen molar-refractivity contribution in [1.29, 1.82) is 0 Å². The molecule has 2 atom stereocenters. The molecule has 0 spiro atoms. The zero-order valence-corrected chi connectivity index (χ0v) is 28.7. The molecule has 8 heteroatoms. The SMILES string of the molecule is COc1ccc(C(OC[C@@H]2C[C@@H](C)CN2C(=O)CCCCCCC(=O)CCCCC(=O)O)(c2ccccc2)c2ccc(OC)cc2)cc1. The Kier molecular flexibility index (Phi) is 14.0. The summed E-state index contributed by atoms with van der Waals surface area (Å²) in [6.07, 6.45) is 7.01. The molecule has 1 N–H and O–H groups in total. The van der Waals surface area contributed by atoms with Crippen LogP contribution in [0.1, 0.15) is 94.2 Å². The van der Waals surface area contributed by atoms with E-state index in [1.807, 2.05) is 71.6 Å². The predicted molar refractivity (Wildman–Crippen MR) is 186 cm³/mol. The molecule has 48 heavy (non-hydrogen) atoms. The number of nitrogens with zero attached hydrogens (tertiary/aromatic N) is 1. The molecule has 258 valence electrons. The van der Waals surface area contributed by atoms with E-state index in [-0.39, 0.29) is 24.2 Å². The van der Waals surface area contributed by atoms with Gasteiger partial charge in [0.1, 0.15) is 22.9 Å². The molecule has 0 unspecified atom stereocenters. The Labute approximate surface area is 285 Å². The van der Waals surface area contributed by atoms with E-state index >= 15 is 0 Å². The van der Waals surface area contributed by atoms with Gasteiger partial charge >= 0.3 is 5.97 Å². The summed E-state index contributed by atoms with van der Waals surface area (Å²) in [7, 11) is 3.31. The van der Waals surface area contributed by atoms with Crippen LogP contribution in [0.3, 0.4) is 0 Å². The number of hydrogen-bond acceptors (Lipinski definition) is 6. The number of rotatable bonds is 20. The molecule has 4 rings (SSSR count). The Bertz CT molecular complexity index is 1390. The van der Waals surface area contributed by atoms with Gasteiger partial charge in [-0.15, -0.1) is 0 Å². The van der Waals surface area contributed by atoms with Gasteiger partial charge in [0.25, 0.3) is 0 Å². The van der Waals surface area contributed by atoms with Gasteiger partial charge in [0.05, 0.1) is 26.9 Å². The van der Waals surface area contributed by atoms with Crippen LogP contribution >= 0.6 is 0 Å². The van der Waals surface area contributed by atoms with Gasteiger partial charge in [0.15, 0.2) is 0 Å². The average molecular weight is 658 g/mol. The highest BCUT2D eigenvalue weighted by Gasteiger charge is 2.41. The zero-order valence-electron chi connectivity index (χ0n) is 28.7. The molecule has 0 bridgehead atoms. The van der Waals surface area contributed by atoms with Gasteiger partial charge in [-0.05, 0) is 79.0 Å². The average Bonchev–Trinajstić information content (AvgIpc) is 3.49. The summed E-state index contributed by atoms with van der Waals surface area (Å²) in [6.45, 7) is 3.28. The maximum atomic E-state index is 13.6. The number of carbonyl (C=O) groups is 3. The normalized spacial score (nSPS) is 16.1. The molecule has 1 aliphatic rings. The van der Waals surface area contributed by atoms with E-state index in [2.05, 4.69) is 19.1 Å². The number of ether oxygens (including phenoxy) is 3. The Balaban J connectivity index is 1.42. The molecule has 1 amide bonds. The lowest BCUT2D eigenvalue weighted by molar-refractivity contribution is -0.137. The second kappa shape index (κ2) is 18.4. The van der Waals surface area contributed by atoms with E-state index in [1.54, 1.807) is 14.2 Å². The molecule has 1 fully saturated rings. The summed E-state index contributed by atoms with van der Waals surface area (Å²) in [4.78, 5) is 38.3. The van der Waals surface area contributed by atoms with Crippen molar-refractivity contribution in [3.63, 3.8) is 0 Å². The van der Waals surface area contributed by atoms with Crippen LogP contribution < -0.4 is 9.47 Å². The third kappa shape index (κ3) is 9.92. The van der Waals surface area contributed by atoms with Crippen LogP contribution in [-0.2, 0) is 24.7 Å². The maximum absolute atomic E-state index is 13.6. The molecule has 0 aromatic heterocycles. The fourth-order valence-electron chi connectivity index (χ4n) is 6.73. The molecule has 1 saturated heterocycles. The number of likely N-dealkylation sites (tertiary alicyclic amines) is 1. The van der Waals surface area contributed by atoms with Gasteiger partial charge < -0.3 is 24.2 Å². The number of carboxylic acids is 1. The highest BCUT2D eigenvalue weighted by molar-refractivity contribution is 5.78. The first kappa shape index (κ1) is 36.7. The van der Waals surface area contributed by atoms with Crippen molar-refractivity contribution in [3.05, 3.63) is 95.6 Å². The lowest BCUT2D eigenvalue weighted by Gasteiger charge is -2.38. The minimum Gasteiger partial charge on any atom is -0.497 e. The van der Waals surface area contributed by atoms with Crippen LogP contribution in [0.5, 0.6) is 11.5 Å². The smallest absolute Gasteiger partial charge is 0.303 e. The quantitative estimate of drug-likeness (QED) is 0.0977. The van der Waals surface area contributed by atoms with Gasteiger partial charge in [-0.2, -0.15) is 0 Å². The second-order valence-electron chi connectivity index (χ2n) is 12.9. The first-order valence-corrected chi connectivity index (χ1v) is 17.3. The van der Waals surface area contributed by atoms with Gasteiger partial charge in [-0.1, -0.05) is 74.4 Å². The van der Waals surface area contributed by atoms with Crippen molar-refractivity contribution in [3.8, 4) is 11.5 Å². The molecule has 3 aromatic rings. The third-order valence-corrected chi connectivity index (χ3v) is 9.30. The first-order chi connectivity index (χ1) is 23.3. The Hall–Kier alpha value is -4.17. The zero-order chi connectivity index (χ0) is 34.4. The van der Waals surface area contributed by atoms with Gasteiger partial charge in [0, 0.05) is 32.2 Å². The van der Waals surface area contributed by atoms with Crippen molar-refractivity contribution >= 4 is 17.7 Å². The molecular formula is C40H51NO7. The van der Waals surface area contributed by atoms with Crippen LogP contribution in [0, 0.1) is 5.92 Å². The minimum atomic E-state index is -0.936. The summed E-state index contributed by atoms with van der Waals surface area (Å²) in [5.74, 6) is 1.43. The fraction of sp³-hybridized carbons (Fsp3) is 0.475. The molecule has 1 aliphatic heterocycles. The summed E-state index contributed by atoms with van der Waals surface area (Å²) in [5, 5.41) is 8.73. The van der Waals surface area contributed by atoms with Crippen LogP contribution in [-0.4, -0.2) is 61.1 Å². The minimum absolute atomic E-state index is 0.0502. The van der Waals surface area contributed by atoms with Crippen molar-refractivity contribution in [2.45, 2.75) is 89.2 Å². The van der Waals surface area contributed by atoms with Crippen LogP contribution in [0.4, 0.5) is 0 Å². The van der Waals surface area contributed by atoms with Crippen LogP contribution in [0.15, 0.2) is 78.9 Å². The number of hydrogen-bond donors (Lipinski definition) is 1. The number of aliphatic carboxylic acids is 1. The number of benzene rings is 3. The Morgan fingerprint density at radius 1 is 0.708 bits per heavy atom. The maximum Gasteiger partial charge on any atom is 0.303 e. The standard InChI is InChI=1S/C40H51NO7/c1-30-27-34(41(28-30)38(43)17-10-5-4-9-15-35(42)16-11-12-18-39(44)45)29-48-40(31-13-7-6-8-14-31,32-19-23-36(46-2)24-20-32)33-21-25-37(47-3)26-22-33/h6-8,13-14,19-26,30,34H,4-5,9-12,15-18,27-29H2,1-3H3,(H,44,45)/t30-,34+/m1/s1. The summed E-state index contributed by atoms with van der Waals surface area (Å²) in [5.41, 5.74) is 1.97. The van der Waals surface area contributed by atoms with Crippen molar-refractivity contribution < 1.29 is 33.7 Å². The molecule has 0 radical (unpaired) electrons. The first-order valence-electron chi connectivity index (χ1n) is 17.3. The van der Waals surface area contributed by atoms with E-state index < -0.39 is 11.6 Å². The van der Waals surface area contributed by atoms with Crippen molar-refractivity contribution in [2.75, 3.05) is 27.4 Å². The molecule has 8 nitrogen and oxygen atoms in total.